The Labute approximate surface area is 138 Å². The fourth-order valence-electron chi connectivity index (χ4n) is 1.77. The normalized spacial score (nSPS) is 23.0. The number of hydrogen-bond donors (Lipinski definition) is 1. The van der Waals surface area contributed by atoms with Gasteiger partial charge in [-0.3, -0.25) is 14.9 Å². The lowest BCUT2D eigenvalue weighted by Crippen LogP contribution is -2.26. The van der Waals surface area contributed by atoms with Crippen molar-refractivity contribution in [1.82, 2.24) is 5.16 Å². The number of alkyl halides is 2. The van der Waals surface area contributed by atoms with Crippen LogP contribution in [0.2, 0.25) is 0 Å². The molecule has 0 spiro atoms. The maximum atomic E-state index is 11.8. The van der Waals surface area contributed by atoms with E-state index >= 15 is 0 Å². The van der Waals surface area contributed by atoms with E-state index in [-0.39, 0.29) is 11.3 Å². The molecule has 6 nitrogen and oxygen atoms in total. The molecule has 0 unspecified atom stereocenters. The van der Waals surface area contributed by atoms with Gasteiger partial charge in [-0.15, -0.1) is 23.2 Å². The van der Waals surface area contributed by atoms with Gasteiger partial charge in [0.2, 0.25) is 5.88 Å². The lowest BCUT2D eigenvalue weighted by molar-refractivity contribution is -0.152. The second kappa shape index (κ2) is 5.42. The number of halogens is 2. The summed E-state index contributed by atoms with van der Waals surface area (Å²) in [6.45, 7) is 7.07. The van der Waals surface area contributed by atoms with Crippen LogP contribution in [-0.4, -0.2) is 28.0 Å². The Kier molecular flexibility index (Phi) is 4.21. The summed E-state index contributed by atoms with van der Waals surface area (Å²) in [5, 5.41) is 6.34. The Morgan fingerprint density at radius 3 is 2.50 bits per heavy atom. The van der Waals surface area contributed by atoms with Gasteiger partial charge in [-0.05, 0) is 6.92 Å². The first kappa shape index (κ1) is 17.1. The smallest absolute Gasteiger partial charge is 0.315 e. The summed E-state index contributed by atoms with van der Waals surface area (Å²) in [6, 6.07) is 1.63. The highest BCUT2D eigenvalue weighted by atomic mass is 35.5. The fourth-order valence-corrected chi connectivity index (χ4v) is 2.46. The highest BCUT2D eigenvalue weighted by molar-refractivity contribution is 6.53. The van der Waals surface area contributed by atoms with Gasteiger partial charge in [0, 0.05) is 17.9 Å². The van der Waals surface area contributed by atoms with E-state index in [9.17, 15) is 9.59 Å². The first-order valence-corrected chi connectivity index (χ1v) is 7.53. The van der Waals surface area contributed by atoms with E-state index < -0.39 is 28.2 Å². The Bertz CT molecular complexity index is 606. The molecule has 0 aliphatic heterocycles. The molecule has 0 bridgehead atoms. The molecule has 1 aliphatic carbocycles. The van der Waals surface area contributed by atoms with Crippen LogP contribution in [0.15, 0.2) is 10.6 Å². The van der Waals surface area contributed by atoms with Crippen LogP contribution in [0, 0.1) is 5.41 Å². The van der Waals surface area contributed by atoms with Crippen LogP contribution >= 0.6 is 23.2 Å². The molecular formula is C14H18Cl2N2O4. The van der Waals surface area contributed by atoms with Crippen molar-refractivity contribution in [1.29, 1.82) is 0 Å². The van der Waals surface area contributed by atoms with Gasteiger partial charge < -0.3 is 9.26 Å². The predicted octanol–water partition coefficient (Wildman–Crippen LogP) is 3.04. The van der Waals surface area contributed by atoms with Crippen molar-refractivity contribution >= 4 is 41.0 Å². The lowest BCUT2D eigenvalue weighted by Gasteiger charge is -2.12. The van der Waals surface area contributed by atoms with E-state index in [2.05, 4.69) is 10.5 Å². The average molecular weight is 349 g/mol. The van der Waals surface area contributed by atoms with Gasteiger partial charge in [-0.2, -0.15) is 0 Å². The van der Waals surface area contributed by atoms with Gasteiger partial charge in [0.1, 0.15) is 9.75 Å². The summed E-state index contributed by atoms with van der Waals surface area (Å²) >= 11 is 11.7. The van der Waals surface area contributed by atoms with Crippen LogP contribution in [0.1, 0.15) is 39.8 Å². The van der Waals surface area contributed by atoms with E-state index in [0.717, 1.165) is 0 Å². The number of ether oxygens (including phenoxy) is 1. The standard InChI is InChI=1S/C14H18Cl2N2O4/c1-12(2,3)8-5-10(22-18-8)17-9(19)6-21-11(20)13(4)7-14(13,15)16/h5H,6-7H2,1-4H3,(H,17,19)/t13-/m0/s1. The molecule has 1 heterocycles. The van der Waals surface area contributed by atoms with Gasteiger partial charge in [0.15, 0.2) is 6.61 Å². The summed E-state index contributed by atoms with van der Waals surface area (Å²) in [5.41, 5.74) is -0.440. The minimum atomic E-state index is -1.12. The van der Waals surface area contributed by atoms with Crippen LogP contribution in [-0.2, 0) is 19.7 Å². The summed E-state index contributed by atoms with van der Waals surface area (Å²) in [4.78, 5) is 23.6. The number of nitrogens with zero attached hydrogens (tertiary/aromatic N) is 1. The molecule has 1 amide bonds. The van der Waals surface area contributed by atoms with Crippen LogP contribution in [0.5, 0.6) is 0 Å². The second-order valence-corrected chi connectivity index (χ2v) is 8.15. The largest absolute Gasteiger partial charge is 0.455 e. The highest BCUT2D eigenvalue weighted by Gasteiger charge is 2.69. The van der Waals surface area contributed by atoms with E-state index in [0.29, 0.717) is 12.1 Å². The average Bonchev–Trinajstić information content (AvgIpc) is 2.76. The maximum absolute atomic E-state index is 11.8. The summed E-state index contributed by atoms with van der Waals surface area (Å²) in [5.74, 6) is -0.919. The molecule has 22 heavy (non-hydrogen) atoms. The van der Waals surface area contributed by atoms with Crippen molar-refractivity contribution in [2.24, 2.45) is 5.41 Å². The molecule has 0 radical (unpaired) electrons. The fraction of sp³-hybridized carbons (Fsp3) is 0.643. The zero-order chi connectivity index (χ0) is 16.8. The van der Waals surface area contributed by atoms with E-state index in [4.69, 9.17) is 32.5 Å². The number of carbonyl (C=O) groups excluding carboxylic acids is 2. The van der Waals surface area contributed by atoms with Crippen molar-refractivity contribution in [3.63, 3.8) is 0 Å². The Morgan fingerprint density at radius 2 is 2.05 bits per heavy atom. The number of rotatable bonds is 4. The molecule has 1 atom stereocenters. The lowest BCUT2D eigenvalue weighted by atomic mass is 9.92. The number of nitrogens with one attached hydrogen (secondary N) is 1. The molecular weight excluding hydrogens is 331 g/mol. The first-order valence-electron chi connectivity index (χ1n) is 6.78. The highest BCUT2D eigenvalue weighted by Crippen LogP contribution is 2.64. The summed E-state index contributed by atoms with van der Waals surface area (Å²) in [7, 11) is 0. The van der Waals surface area contributed by atoms with E-state index in [1.807, 2.05) is 20.8 Å². The van der Waals surface area contributed by atoms with Crippen LogP contribution in [0.25, 0.3) is 0 Å². The predicted molar refractivity (Wildman–Crippen MR) is 82.0 cm³/mol. The third-order valence-corrected chi connectivity index (χ3v) is 4.69. The number of esters is 1. The van der Waals surface area contributed by atoms with Crippen molar-refractivity contribution in [2.75, 3.05) is 11.9 Å². The molecule has 2 rings (SSSR count). The Hall–Kier alpha value is -1.27. The number of amides is 1. The molecule has 1 saturated carbocycles. The number of hydrogen-bond acceptors (Lipinski definition) is 5. The van der Waals surface area contributed by atoms with E-state index in [1.54, 1.807) is 13.0 Å². The molecule has 1 fully saturated rings. The molecule has 0 aromatic carbocycles. The maximum Gasteiger partial charge on any atom is 0.315 e. The van der Waals surface area contributed by atoms with Crippen molar-refractivity contribution in [3.8, 4) is 0 Å². The van der Waals surface area contributed by atoms with Crippen LogP contribution < -0.4 is 5.32 Å². The number of carbonyl (C=O) groups is 2. The van der Waals surface area contributed by atoms with Gasteiger partial charge >= 0.3 is 5.97 Å². The topological polar surface area (TPSA) is 81.4 Å². The van der Waals surface area contributed by atoms with Crippen molar-refractivity contribution in [2.45, 2.75) is 43.9 Å². The molecule has 1 N–H and O–H groups in total. The first-order chi connectivity index (χ1) is 9.96. The quantitative estimate of drug-likeness (QED) is 0.667. The zero-order valence-corrected chi connectivity index (χ0v) is 14.3. The van der Waals surface area contributed by atoms with Gasteiger partial charge in [-0.25, -0.2) is 0 Å². The number of aromatic nitrogens is 1. The third kappa shape index (κ3) is 3.38. The van der Waals surface area contributed by atoms with Gasteiger partial charge in [0.05, 0.1) is 5.69 Å². The monoisotopic (exact) mass is 348 g/mol. The molecule has 8 heteroatoms. The molecule has 1 aromatic rings. The molecule has 1 aliphatic rings. The summed E-state index contributed by atoms with van der Waals surface area (Å²) < 4.78 is 8.83. The van der Waals surface area contributed by atoms with Crippen LogP contribution in [0.4, 0.5) is 5.88 Å². The summed E-state index contributed by atoms with van der Waals surface area (Å²) in [6.07, 6.45) is 0.306. The van der Waals surface area contributed by atoms with Gasteiger partial charge in [0.25, 0.3) is 5.91 Å². The van der Waals surface area contributed by atoms with Crippen molar-refractivity contribution < 1.29 is 18.8 Å². The Balaban J connectivity index is 1.84. The minimum absolute atomic E-state index is 0.191. The third-order valence-electron chi connectivity index (χ3n) is 3.58. The van der Waals surface area contributed by atoms with Crippen molar-refractivity contribution in [3.05, 3.63) is 11.8 Å². The molecule has 1 aromatic heterocycles. The molecule has 122 valence electrons. The molecule has 0 saturated heterocycles. The van der Waals surface area contributed by atoms with Crippen LogP contribution in [0.3, 0.4) is 0 Å². The SMILES string of the molecule is CC(C)(C)c1cc(NC(=O)COC(=O)[C@]2(C)CC2(Cl)Cl)on1. The minimum Gasteiger partial charge on any atom is -0.455 e. The Morgan fingerprint density at radius 1 is 1.45 bits per heavy atom. The second-order valence-electron chi connectivity index (χ2n) is 6.66. The number of anilines is 1. The zero-order valence-electron chi connectivity index (χ0n) is 12.8. The van der Waals surface area contributed by atoms with E-state index in [1.165, 1.54) is 0 Å². The van der Waals surface area contributed by atoms with Gasteiger partial charge in [-0.1, -0.05) is 25.9 Å².